The summed E-state index contributed by atoms with van der Waals surface area (Å²) < 4.78 is 65.2. The first-order chi connectivity index (χ1) is 12.9. The van der Waals surface area contributed by atoms with E-state index in [0.717, 1.165) is 17.2 Å². The van der Waals surface area contributed by atoms with Crippen LogP contribution in [-0.4, -0.2) is 18.2 Å². The van der Waals surface area contributed by atoms with Gasteiger partial charge in [0.2, 0.25) is 0 Å². The molecule has 0 spiro atoms. The highest BCUT2D eigenvalue weighted by molar-refractivity contribution is 7.90. The highest BCUT2D eigenvalue weighted by Crippen LogP contribution is 2.34. The SMILES string of the molecule is Cc1ccc(-c2cc(C(F)(F)F)nn2-c2ccc(NS(N)(=O)=O)cc2)cc1C. The van der Waals surface area contributed by atoms with Crippen LogP contribution in [-0.2, 0) is 16.4 Å². The predicted octanol–water partition coefficient (Wildman–Crippen LogP) is 3.79. The van der Waals surface area contributed by atoms with Gasteiger partial charge in [-0.2, -0.15) is 26.7 Å². The monoisotopic (exact) mass is 410 g/mol. The molecule has 1 aromatic heterocycles. The van der Waals surface area contributed by atoms with E-state index in [9.17, 15) is 21.6 Å². The summed E-state index contributed by atoms with van der Waals surface area (Å²) in [6, 6.07) is 12.0. The molecular formula is C18H17F3N4O2S. The zero-order valence-corrected chi connectivity index (χ0v) is 15.8. The molecule has 0 atom stereocenters. The molecule has 0 amide bonds. The summed E-state index contributed by atoms with van der Waals surface area (Å²) in [5.41, 5.74) is 2.30. The minimum Gasteiger partial charge on any atom is -0.271 e. The van der Waals surface area contributed by atoms with Gasteiger partial charge in [0, 0.05) is 11.3 Å². The zero-order valence-electron chi connectivity index (χ0n) is 14.9. The normalized spacial score (nSPS) is 12.2. The molecule has 1 heterocycles. The summed E-state index contributed by atoms with van der Waals surface area (Å²) in [5, 5.41) is 8.63. The van der Waals surface area contributed by atoms with Gasteiger partial charge in [0.1, 0.15) is 0 Å². The average molecular weight is 410 g/mol. The van der Waals surface area contributed by atoms with Crippen molar-refractivity contribution in [1.82, 2.24) is 9.78 Å². The molecule has 10 heteroatoms. The third-order valence-corrected chi connectivity index (χ3v) is 4.69. The largest absolute Gasteiger partial charge is 0.435 e. The molecule has 3 aromatic rings. The smallest absolute Gasteiger partial charge is 0.271 e. The Labute approximate surface area is 160 Å². The van der Waals surface area contributed by atoms with Crippen molar-refractivity contribution in [3.8, 4) is 16.9 Å². The number of nitrogens with one attached hydrogen (secondary N) is 1. The average Bonchev–Trinajstić information content (AvgIpc) is 3.02. The molecule has 148 valence electrons. The van der Waals surface area contributed by atoms with Gasteiger partial charge in [-0.25, -0.2) is 9.82 Å². The number of rotatable bonds is 4. The summed E-state index contributed by atoms with van der Waals surface area (Å²) in [6.07, 6.45) is -4.60. The van der Waals surface area contributed by atoms with E-state index in [2.05, 4.69) is 9.82 Å². The Hall–Kier alpha value is -2.85. The molecule has 0 aliphatic rings. The second-order valence-corrected chi connectivity index (χ2v) is 7.61. The zero-order chi connectivity index (χ0) is 20.7. The number of aryl methyl sites for hydroxylation is 2. The number of anilines is 1. The molecule has 0 saturated heterocycles. The quantitative estimate of drug-likeness (QED) is 0.686. The molecule has 0 saturated carbocycles. The summed E-state index contributed by atoms with van der Waals surface area (Å²) in [7, 11) is -3.95. The van der Waals surface area contributed by atoms with Gasteiger partial charge >= 0.3 is 6.18 Å². The van der Waals surface area contributed by atoms with Crippen LogP contribution in [0.5, 0.6) is 0 Å². The second kappa shape index (κ2) is 6.95. The molecule has 3 N–H and O–H groups in total. The van der Waals surface area contributed by atoms with E-state index in [1.165, 1.54) is 28.9 Å². The molecule has 0 aliphatic carbocycles. The van der Waals surface area contributed by atoms with Gasteiger partial charge in [0.25, 0.3) is 10.2 Å². The molecule has 2 aromatic carbocycles. The lowest BCUT2D eigenvalue weighted by Crippen LogP contribution is -2.21. The van der Waals surface area contributed by atoms with Gasteiger partial charge in [-0.1, -0.05) is 12.1 Å². The Morgan fingerprint density at radius 3 is 2.18 bits per heavy atom. The van der Waals surface area contributed by atoms with Gasteiger partial charge in [-0.15, -0.1) is 0 Å². The van der Waals surface area contributed by atoms with E-state index >= 15 is 0 Å². The van der Waals surface area contributed by atoms with Crippen LogP contribution in [0.15, 0.2) is 48.5 Å². The van der Waals surface area contributed by atoms with Crippen molar-refractivity contribution in [3.05, 3.63) is 65.4 Å². The molecule has 0 bridgehead atoms. The molecule has 0 aliphatic heterocycles. The van der Waals surface area contributed by atoms with Gasteiger partial charge < -0.3 is 0 Å². The first-order valence-corrected chi connectivity index (χ1v) is 9.64. The topological polar surface area (TPSA) is 90.0 Å². The van der Waals surface area contributed by atoms with Crippen LogP contribution in [0.25, 0.3) is 16.9 Å². The molecule has 0 fully saturated rings. The Morgan fingerprint density at radius 1 is 1.00 bits per heavy atom. The molecule has 28 heavy (non-hydrogen) atoms. The van der Waals surface area contributed by atoms with E-state index in [0.29, 0.717) is 11.3 Å². The summed E-state index contributed by atoms with van der Waals surface area (Å²) in [5.74, 6) is 0. The van der Waals surface area contributed by atoms with Crippen molar-refractivity contribution in [3.63, 3.8) is 0 Å². The van der Waals surface area contributed by atoms with Gasteiger partial charge in [-0.05, 0) is 61.4 Å². The van der Waals surface area contributed by atoms with Crippen LogP contribution in [0.2, 0.25) is 0 Å². The van der Waals surface area contributed by atoms with Crippen molar-refractivity contribution in [2.45, 2.75) is 20.0 Å². The molecule has 3 rings (SSSR count). The lowest BCUT2D eigenvalue weighted by Gasteiger charge is -2.10. The Balaban J connectivity index is 2.11. The van der Waals surface area contributed by atoms with Gasteiger partial charge in [0.05, 0.1) is 11.4 Å². The van der Waals surface area contributed by atoms with E-state index in [1.54, 1.807) is 12.1 Å². The standard InChI is InChI=1S/C18H17F3N4O2S/c1-11-3-4-13(9-12(11)2)16-10-17(18(19,20)21)23-25(16)15-7-5-14(6-8-15)24-28(22,26)27/h3-10,24H,1-2H3,(H2,22,26,27). The number of alkyl halides is 3. The Bertz CT molecular complexity index is 1120. The summed E-state index contributed by atoms with van der Waals surface area (Å²) in [6.45, 7) is 3.78. The van der Waals surface area contributed by atoms with Crippen molar-refractivity contribution in [2.75, 3.05) is 4.72 Å². The van der Waals surface area contributed by atoms with Crippen LogP contribution in [0.1, 0.15) is 16.8 Å². The predicted molar refractivity (Wildman–Crippen MR) is 100 cm³/mol. The number of nitrogens with two attached hydrogens (primary N) is 1. The number of nitrogens with zero attached hydrogens (tertiary/aromatic N) is 2. The van der Waals surface area contributed by atoms with Crippen molar-refractivity contribution in [1.29, 1.82) is 0 Å². The van der Waals surface area contributed by atoms with Crippen LogP contribution in [0, 0.1) is 13.8 Å². The maximum absolute atomic E-state index is 13.2. The molecule has 6 nitrogen and oxygen atoms in total. The van der Waals surface area contributed by atoms with E-state index in [1.807, 2.05) is 19.9 Å². The third-order valence-electron chi connectivity index (χ3n) is 4.17. The third kappa shape index (κ3) is 4.34. The maximum Gasteiger partial charge on any atom is 0.435 e. The Kier molecular flexibility index (Phi) is 4.94. The molecule has 0 radical (unpaired) electrons. The fourth-order valence-corrected chi connectivity index (χ4v) is 3.12. The Morgan fingerprint density at radius 2 is 1.64 bits per heavy atom. The fourth-order valence-electron chi connectivity index (χ4n) is 2.66. The van der Waals surface area contributed by atoms with E-state index in [-0.39, 0.29) is 11.4 Å². The number of hydrogen-bond acceptors (Lipinski definition) is 3. The van der Waals surface area contributed by atoms with Gasteiger partial charge in [-0.3, -0.25) is 4.72 Å². The highest BCUT2D eigenvalue weighted by atomic mass is 32.2. The first-order valence-electron chi connectivity index (χ1n) is 8.10. The highest BCUT2D eigenvalue weighted by Gasteiger charge is 2.35. The first kappa shape index (κ1) is 19.9. The minimum atomic E-state index is -4.60. The lowest BCUT2D eigenvalue weighted by atomic mass is 10.0. The fraction of sp³-hybridized carbons (Fsp3) is 0.167. The van der Waals surface area contributed by atoms with Crippen LogP contribution < -0.4 is 9.86 Å². The summed E-state index contributed by atoms with van der Waals surface area (Å²) >= 11 is 0. The minimum absolute atomic E-state index is 0.183. The van der Waals surface area contributed by atoms with E-state index in [4.69, 9.17) is 5.14 Å². The molecular weight excluding hydrogens is 393 g/mol. The number of benzene rings is 2. The van der Waals surface area contributed by atoms with Crippen LogP contribution in [0.3, 0.4) is 0 Å². The van der Waals surface area contributed by atoms with Crippen molar-refractivity contribution < 1.29 is 21.6 Å². The number of aromatic nitrogens is 2. The maximum atomic E-state index is 13.2. The number of hydrogen-bond donors (Lipinski definition) is 2. The number of halogens is 3. The van der Waals surface area contributed by atoms with Crippen molar-refractivity contribution >= 4 is 15.9 Å². The summed E-state index contributed by atoms with van der Waals surface area (Å²) in [4.78, 5) is 0. The lowest BCUT2D eigenvalue weighted by molar-refractivity contribution is -0.141. The van der Waals surface area contributed by atoms with E-state index < -0.39 is 22.1 Å². The van der Waals surface area contributed by atoms with Crippen LogP contribution >= 0.6 is 0 Å². The van der Waals surface area contributed by atoms with Crippen LogP contribution in [0.4, 0.5) is 18.9 Å². The second-order valence-electron chi connectivity index (χ2n) is 6.32. The van der Waals surface area contributed by atoms with Gasteiger partial charge in [0.15, 0.2) is 5.69 Å². The van der Waals surface area contributed by atoms with Crippen molar-refractivity contribution in [2.24, 2.45) is 5.14 Å². The molecule has 0 unspecified atom stereocenters.